The second-order valence-corrected chi connectivity index (χ2v) is 10.8. The van der Waals surface area contributed by atoms with Crippen LogP contribution in [-0.4, -0.2) is 53.6 Å². The molecule has 1 unspecified atom stereocenters. The molecule has 1 aromatic carbocycles. The first kappa shape index (κ1) is 19.1. The number of hydrogen-bond acceptors (Lipinski definition) is 5. The molecule has 0 aliphatic carbocycles. The van der Waals surface area contributed by atoms with Gasteiger partial charge in [-0.25, -0.2) is 8.42 Å². The van der Waals surface area contributed by atoms with E-state index in [-0.39, 0.29) is 23.5 Å². The zero-order chi connectivity index (χ0) is 20.1. The van der Waals surface area contributed by atoms with Gasteiger partial charge in [0.15, 0.2) is 9.84 Å². The molecule has 1 fully saturated rings. The van der Waals surface area contributed by atoms with Crippen molar-refractivity contribution < 1.29 is 13.2 Å². The Kier molecular flexibility index (Phi) is 4.79. The summed E-state index contributed by atoms with van der Waals surface area (Å²) in [7, 11) is -1.33. The Balaban J connectivity index is 1.61. The minimum atomic E-state index is -3.03. The van der Waals surface area contributed by atoms with E-state index in [0.29, 0.717) is 17.8 Å². The molecule has 148 valence electrons. The molecule has 6 nitrogen and oxygen atoms in total. The van der Waals surface area contributed by atoms with E-state index in [0.717, 1.165) is 21.5 Å². The van der Waals surface area contributed by atoms with Crippen LogP contribution in [0.25, 0.3) is 10.2 Å². The third kappa shape index (κ3) is 3.58. The number of rotatable bonds is 4. The van der Waals surface area contributed by atoms with E-state index in [1.807, 2.05) is 17.7 Å². The predicted molar refractivity (Wildman–Crippen MR) is 112 cm³/mol. The third-order valence-electron chi connectivity index (χ3n) is 5.35. The lowest BCUT2D eigenvalue weighted by Gasteiger charge is -2.22. The van der Waals surface area contributed by atoms with E-state index in [9.17, 15) is 13.2 Å². The van der Waals surface area contributed by atoms with E-state index < -0.39 is 9.84 Å². The summed E-state index contributed by atoms with van der Waals surface area (Å²) in [5.74, 6) is 0.0942. The first-order valence-corrected chi connectivity index (χ1v) is 11.9. The molecule has 1 atom stereocenters. The van der Waals surface area contributed by atoms with Crippen LogP contribution in [0, 0.1) is 13.8 Å². The molecule has 1 aliphatic heterocycles. The molecule has 0 spiro atoms. The molecule has 4 rings (SSSR count). The van der Waals surface area contributed by atoms with Crippen molar-refractivity contribution in [2.45, 2.75) is 32.9 Å². The molecule has 3 aromatic rings. The average Bonchev–Trinajstić information content (AvgIpc) is 3.31. The van der Waals surface area contributed by atoms with Gasteiger partial charge < -0.3 is 4.90 Å². The van der Waals surface area contributed by atoms with Gasteiger partial charge >= 0.3 is 0 Å². The molecule has 8 heteroatoms. The summed E-state index contributed by atoms with van der Waals surface area (Å²) in [5, 5.41) is 5.61. The molecule has 0 N–H and O–H groups in total. The molecular weight excluding hydrogens is 394 g/mol. The summed E-state index contributed by atoms with van der Waals surface area (Å²) in [4.78, 5) is 16.1. The summed E-state index contributed by atoms with van der Waals surface area (Å²) in [6.45, 7) is 4.65. The molecule has 2 aromatic heterocycles. The summed E-state index contributed by atoms with van der Waals surface area (Å²) >= 11 is 1.42. The van der Waals surface area contributed by atoms with E-state index in [1.54, 1.807) is 11.9 Å². The van der Waals surface area contributed by atoms with Crippen molar-refractivity contribution in [3.8, 4) is 0 Å². The Labute approximate surface area is 168 Å². The van der Waals surface area contributed by atoms with Gasteiger partial charge in [0.2, 0.25) is 0 Å². The molecule has 3 heterocycles. The van der Waals surface area contributed by atoms with Crippen LogP contribution >= 0.6 is 11.3 Å². The Hall–Kier alpha value is -2.19. The van der Waals surface area contributed by atoms with Gasteiger partial charge in [-0.15, -0.1) is 11.3 Å². The zero-order valence-electron chi connectivity index (χ0n) is 16.2. The number of aryl methyl sites for hydroxylation is 2. The van der Waals surface area contributed by atoms with Crippen LogP contribution in [0.5, 0.6) is 0 Å². The van der Waals surface area contributed by atoms with Crippen molar-refractivity contribution in [2.24, 2.45) is 0 Å². The van der Waals surface area contributed by atoms with Gasteiger partial charge in [-0.2, -0.15) is 5.10 Å². The van der Waals surface area contributed by atoms with Crippen LogP contribution < -0.4 is 0 Å². The summed E-state index contributed by atoms with van der Waals surface area (Å²) in [6.07, 6.45) is 0.510. The second-order valence-electron chi connectivity index (χ2n) is 7.53. The fraction of sp³-hybridized carbons (Fsp3) is 0.400. The maximum atomic E-state index is 12.9. The molecule has 0 bridgehead atoms. The van der Waals surface area contributed by atoms with Gasteiger partial charge in [0, 0.05) is 18.5 Å². The minimum absolute atomic E-state index is 0.0559. The monoisotopic (exact) mass is 417 g/mol. The molecule has 1 aliphatic rings. The van der Waals surface area contributed by atoms with E-state index >= 15 is 0 Å². The fourth-order valence-corrected chi connectivity index (χ4v) is 6.53. The van der Waals surface area contributed by atoms with Crippen molar-refractivity contribution in [1.29, 1.82) is 0 Å². The molecule has 28 heavy (non-hydrogen) atoms. The van der Waals surface area contributed by atoms with Crippen molar-refractivity contribution in [2.75, 3.05) is 18.6 Å². The first-order chi connectivity index (χ1) is 13.2. The lowest BCUT2D eigenvalue weighted by atomic mass is 10.1. The van der Waals surface area contributed by atoms with Crippen LogP contribution in [0.2, 0.25) is 0 Å². The molecular formula is C20H23N3O3S2. The van der Waals surface area contributed by atoms with E-state index in [1.165, 1.54) is 16.9 Å². The SMILES string of the molecule is Cc1ccc(Cn2nc(C)c3cc(C(=O)N(C)C4CCS(=O)(=O)C4)sc32)cc1. The van der Waals surface area contributed by atoms with Crippen LogP contribution in [0.15, 0.2) is 30.3 Å². The lowest BCUT2D eigenvalue weighted by molar-refractivity contribution is 0.0752. The number of sulfone groups is 1. The Morgan fingerprint density at radius 2 is 2.00 bits per heavy atom. The number of carbonyl (C=O) groups excluding carboxylic acids is 1. The normalized spacial score (nSPS) is 18.6. The van der Waals surface area contributed by atoms with Gasteiger partial charge in [0.05, 0.1) is 28.6 Å². The van der Waals surface area contributed by atoms with Gasteiger partial charge in [0.25, 0.3) is 5.91 Å². The molecule has 1 amide bonds. The predicted octanol–water partition coefficient (Wildman–Crippen LogP) is 3.02. The van der Waals surface area contributed by atoms with Crippen LogP contribution in [0.4, 0.5) is 0 Å². The Morgan fingerprint density at radius 1 is 1.29 bits per heavy atom. The summed E-state index contributed by atoms with van der Waals surface area (Å²) < 4.78 is 25.4. The third-order valence-corrected chi connectivity index (χ3v) is 8.23. The minimum Gasteiger partial charge on any atom is -0.337 e. The number of nitrogens with zero attached hydrogens (tertiary/aromatic N) is 3. The highest BCUT2D eigenvalue weighted by Gasteiger charge is 2.33. The van der Waals surface area contributed by atoms with Crippen molar-refractivity contribution in [3.63, 3.8) is 0 Å². The van der Waals surface area contributed by atoms with Crippen molar-refractivity contribution in [1.82, 2.24) is 14.7 Å². The lowest BCUT2D eigenvalue weighted by Crippen LogP contribution is -2.37. The van der Waals surface area contributed by atoms with Gasteiger partial charge in [-0.05, 0) is 31.9 Å². The molecule has 0 radical (unpaired) electrons. The van der Waals surface area contributed by atoms with Crippen molar-refractivity contribution >= 4 is 37.3 Å². The number of hydrogen-bond donors (Lipinski definition) is 0. The van der Waals surface area contributed by atoms with Gasteiger partial charge in [-0.1, -0.05) is 29.8 Å². The number of amides is 1. The number of thiophene rings is 1. The van der Waals surface area contributed by atoms with Gasteiger partial charge in [0.1, 0.15) is 4.83 Å². The maximum absolute atomic E-state index is 12.9. The number of fused-ring (bicyclic) bond motifs is 1. The largest absolute Gasteiger partial charge is 0.337 e. The maximum Gasteiger partial charge on any atom is 0.264 e. The van der Waals surface area contributed by atoms with E-state index in [2.05, 4.69) is 36.3 Å². The summed E-state index contributed by atoms with van der Waals surface area (Å²) in [5.41, 5.74) is 3.26. The van der Waals surface area contributed by atoms with Crippen LogP contribution in [-0.2, 0) is 16.4 Å². The zero-order valence-corrected chi connectivity index (χ0v) is 17.8. The summed E-state index contributed by atoms with van der Waals surface area (Å²) in [6, 6.07) is 9.98. The highest BCUT2D eigenvalue weighted by Crippen LogP contribution is 2.30. The van der Waals surface area contributed by atoms with Crippen LogP contribution in [0.1, 0.15) is 32.9 Å². The average molecular weight is 418 g/mol. The first-order valence-electron chi connectivity index (χ1n) is 9.23. The number of benzene rings is 1. The second kappa shape index (κ2) is 7.00. The smallest absolute Gasteiger partial charge is 0.264 e. The molecule has 1 saturated heterocycles. The van der Waals surface area contributed by atoms with Crippen molar-refractivity contribution in [3.05, 3.63) is 52.0 Å². The van der Waals surface area contributed by atoms with Crippen LogP contribution in [0.3, 0.4) is 0 Å². The molecule has 0 saturated carbocycles. The quantitative estimate of drug-likeness (QED) is 0.654. The topological polar surface area (TPSA) is 72.3 Å². The Bertz CT molecular complexity index is 1140. The highest BCUT2D eigenvalue weighted by atomic mass is 32.2. The Morgan fingerprint density at radius 3 is 2.64 bits per heavy atom. The standard InChI is InChI=1S/C20H23N3O3S2/c1-13-4-6-15(7-5-13)11-23-20-17(14(2)21-23)10-18(27-20)19(24)22(3)16-8-9-28(25,26)12-16/h4-7,10,16H,8-9,11-12H2,1-3H3. The van der Waals surface area contributed by atoms with E-state index in [4.69, 9.17) is 0 Å². The number of aromatic nitrogens is 2. The van der Waals surface area contributed by atoms with Gasteiger partial charge in [-0.3, -0.25) is 9.48 Å². The number of carbonyl (C=O) groups is 1. The fourth-order valence-electron chi connectivity index (χ4n) is 3.61. The highest BCUT2D eigenvalue weighted by molar-refractivity contribution is 7.91.